The third-order valence-electron chi connectivity index (χ3n) is 3.03. The minimum absolute atomic E-state index is 0.197. The Morgan fingerprint density at radius 1 is 1.25 bits per heavy atom. The van der Waals surface area contributed by atoms with E-state index >= 15 is 0 Å². The molecule has 0 fully saturated rings. The van der Waals surface area contributed by atoms with Gasteiger partial charge in [-0.25, -0.2) is 9.37 Å². The summed E-state index contributed by atoms with van der Waals surface area (Å²) in [7, 11) is 0. The Hall–Kier alpha value is -1.94. The fourth-order valence-electron chi connectivity index (χ4n) is 2.01. The number of nitrogens with one attached hydrogen (secondary N) is 1. The van der Waals surface area contributed by atoms with Gasteiger partial charge in [0.2, 0.25) is 5.88 Å². The zero-order valence-corrected chi connectivity index (χ0v) is 12.0. The summed E-state index contributed by atoms with van der Waals surface area (Å²) in [5.41, 5.74) is 2.90. The summed E-state index contributed by atoms with van der Waals surface area (Å²) in [6.07, 6.45) is 0. The molecule has 3 nitrogen and oxygen atoms in total. The molecule has 0 saturated heterocycles. The number of hydrogen-bond acceptors (Lipinski definition) is 3. The number of ether oxygens (including phenoxy) is 1. The minimum atomic E-state index is -0.386. The first-order chi connectivity index (χ1) is 9.61. The van der Waals surface area contributed by atoms with Gasteiger partial charge in [-0.15, -0.1) is 0 Å². The molecular weight excluding hydrogens is 255 g/mol. The zero-order chi connectivity index (χ0) is 14.5. The smallest absolute Gasteiger partial charge is 0.224 e. The molecule has 1 aromatic heterocycles. The molecule has 1 aromatic carbocycles. The lowest BCUT2D eigenvalue weighted by atomic mass is 10.1. The fraction of sp³-hybridized carbons (Fsp3) is 0.312. The summed E-state index contributed by atoms with van der Waals surface area (Å²) in [6, 6.07) is 8.36. The number of nitrogens with zero attached hydrogens (tertiary/aromatic N) is 1. The number of pyridine rings is 1. The monoisotopic (exact) mass is 274 g/mol. The van der Waals surface area contributed by atoms with Crippen molar-refractivity contribution in [3.05, 3.63) is 53.0 Å². The summed E-state index contributed by atoms with van der Waals surface area (Å²) < 4.78 is 19.4. The van der Waals surface area contributed by atoms with Gasteiger partial charge in [-0.3, -0.25) is 0 Å². The summed E-state index contributed by atoms with van der Waals surface area (Å²) >= 11 is 0. The van der Waals surface area contributed by atoms with E-state index in [-0.39, 0.29) is 11.6 Å². The van der Waals surface area contributed by atoms with Crippen molar-refractivity contribution in [3.63, 3.8) is 0 Å². The van der Waals surface area contributed by atoms with Crippen LogP contribution in [0.2, 0.25) is 0 Å². The van der Waals surface area contributed by atoms with E-state index in [0.29, 0.717) is 12.4 Å². The van der Waals surface area contributed by atoms with Gasteiger partial charge in [-0.2, -0.15) is 0 Å². The Bertz CT molecular complexity index is 599. The second-order valence-electron chi connectivity index (χ2n) is 4.68. The van der Waals surface area contributed by atoms with Crippen LogP contribution in [0.25, 0.3) is 0 Å². The number of benzene rings is 1. The van der Waals surface area contributed by atoms with E-state index in [4.69, 9.17) is 4.74 Å². The SMILES string of the molecule is CCNCc1c(C)cc(C)nc1Oc1ccccc1F. The molecule has 1 heterocycles. The molecule has 0 bridgehead atoms. The minimum Gasteiger partial charge on any atom is -0.436 e. The number of para-hydroxylation sites is 1. The predicted octanol–water partition coefficient (Wildman–Crippen LogP) is 3.74. The van der Waals surface area contributed by atoms with E-state index in [1.54, 1.807) is 18.2 Å². The largest absolute Gasteiger partial charge is 0.436 e. The second kappa shape index (κ2) is 6.48. The Morgan fingerprint density at radius 3 is 2.70 bits per heavy atom. The van der Waals surface area contributed by atoms with Crippen molar-refractivity contribution >= 4 is 0 Å². The molecule has 1 N–H and O–H groups in total. The molecule has 0 amide bonds. The van der Waals surface area contributed by atoms with Crippen LogP contribution in [0.15, 0.2) is 30.3 Å². The van der Waals surface area contributed by atoms with E-state index in [1.807, 2.05) is 26.8 Å². The summed E-state index contributed by atoms with van der Waals surface area (Å²) in [6.45, 7) is 7.45. The molecule has 0 spiro atoms. The molecule has 0 radical (unpaired) electrons. The van der Waals surface area contributed by atoms with Crippen molar-refractivity contribution < 1.29 is 9.13 Å². The number of hydrogen-bond donors (Lipinski definition) is 1. The first kappa shape index (κ1) is 14.5. The third kappa shape index (κ3) is 3.33. The van der Waals surface area contributed by atoms with Gasteiger partial charge in [-0.1, -0.05) is 19.1 Å². The Labute approximate surface area is 118 Å². The topological polar surface area (TPSA) is 34.2 Å². The van der Waals surface area contributed by atoms with Crippen molar-refractivity contribution in [2.45, 2.75) is 27.3 Å². The maximum absolute atomic E-state index is 13.7. The molecule has 106 valence electrons. The maximum Gasteiger partial charge on any atom is 0.224 e. The molecule has 2 rings (SSSR count). The molecule has 0 saturated carbocycles. The second-order valence-corrected chi connectivity index (χ2v) is 4.68. The lowest BCUT2D eigenvalue weighted by Gasteiger charge is -2.14. The molecule has 0 atom stereocenters. The molecule has 0 aliphatic heterocycles. The van der Waals surface area contributed by atoms with Crippen LogP contribution in [-0.4, -0.2) is 11.5 Å². The van der Waals surface area contributed by atoms with Crippen molar-refractivity contribution in [1.82, 2.24) is 10.3 Å². The van der Waals surface area contributed by atoms with E-state index in [1.165, 1.54) is 6.07 Å². The Morgan fingerprint density at radius 2 is 2.00 bits per heavy atom. The lowest BCUT2D eigenvalue weighted by Crippen LogP contribution is -2.14. The van der Waals surface area contributed by atoms with Crippen molar-refractivity contribution in [2.75, 3.05) is 6.54 Å². The van der Waals surface area contributed by atoms with Gasteiger partial charge in [0.05, 0.1) is 0 Å². The third-order valence-corrected chi connectivity index (χ3v) is 3.03. The number of halogens is 1. The highest BCUT2D eigenvalue weighted by molar-refractivity contribution is 5.39. The quantitative estimate of drug-likeness (QED) is 0.902. The van der Waals surface area contributed by atoms with E-state index < -0.39 is 0 Å². The standard InChI is InChI=1S/C16H19FN2O/c1-4-18-10-13-11(2)9-12(3)19-16(13)20-15-8-6-5-7-14(15)17/h5-9,18H,4,10H2,1-3H3. The molecular formula is C16H19FN2O. The Balaban J connectivity index is 2.37. The van der Waals surface area contributed by atoms with Crippen LogP contribution in [0.1, 0.15) is 23.7 Å². The first-order valence-electron chi connectivity index (χ1n) is 6.72. The van der Waals surface area contributed by atoms with Crippen LogP contribution in [0.5, 0.6) is 11.6 Å². The molecule has 2 aromatic rings. The number of rotatable bonds is 5. The van der Waals surface area contributed by atoms with E-state index in [2.05, 4.69) is 10.3 Å². The fourth-order valence-corrected chi connectivity index (χ4v) is 2.01. The van der Waals surface area contributed by atoms with Crippen molar-refractivity contribution in [3.8, 4) is 11.6 Å². The molecule has 0 unspecified atom stereocenters. The van der Waals surface area contributed by atoms with Crippen LogP contribution < -0.4 is 10.1 Å². The number of aryl methyl sites for hydroxylation is 2. The van der Waals surface area contributed by atoms with Crippen molar-refractivity contribution in [1.29, 1.82) is 0 Å². The van der Waals surface area contributed by atoms with Gasteiger partial charge >= 0.3 is 0 Å². The molecule has 20 heavy (non-hydrogen) atoms. The zero-order valence-electron chi connectivity index (χ0n) is 12.0. The van der Waals surface area contributed by atoms with Gasteiger partial charge in [-0.05, 0) is 44.2 Å². The lowest BCUT2D eigenvalue weighted by molar-refractivity contribution is 0.419. The van der Waals surface area contributed by atoms with Crippen LogP contribution in [0.3, 0.4) is 0 Å². The van der Waals surface area contributed by atoms with Gasteiger partial charge in [0, 0.05) is 17.8 Å². The first-order valence-corrected chi connectivity index (χ1v) is 6.72. The molecule has 4 heteroatoms. The Kier molecular flexibility index (Phi) is 4.69. The summed E-state index contributed by atoms with van der Waals surface area (Å²) in [5, 5.41) is 3.25. The van der Waals surface area contributed by atoms with Gasteiger partial charge < -0.3 is 10.1 Å². The maximum atomic E-state index is 13.7. The highest BCUT2D eigenvalue weighted by Gasteiger charge is 2.12. The highest BCUT2D eigenvalue weighted by atomic mass is 19.1. The van der Waals surface area contributed by atoms with Crippen molar-refractivity contribution in [2.24, 2.45) is 0 Å². The highest BCUT2D eigenvalue weighted by Crippen LogP contribution is 2.28. The van der Waals surface area contributed by atoms with Crippen LogP contribution in [-0.2, 0) is 6.54 Å². The summed E-state index contributed by atoms with van der Waals surface area (Å²) in [5.74, 6) is 0.277. The predicted molar refractivity (Wildman–Crippen MR) is 77.6 cm³/mol. The normalized spacial score (nSPS) is 10.6. The van der Waals surface area contributed by atoms with Crippen LogP contribution in [0, 0.1) is 19.7 Å². The van der Waals surface area contributed by atoms with Gasteiger partial charge in [0.15, 0.2) is 11.6 Å². The van der Waals surface area contributed by atoms with E-state index in [9.17, 15) is 4.39 Å². The van der Waals surface area contributed by atoms with Gasteiger partial charge in [0.25, 0.3) is 0 Å². The average Bonchev–Trinajstić information content (AvgIpc) is 2.40. The van der Waals surface area contributed by atoms with E-state index in [0.717, 1.165) is 23.4 Å². The summed E-state index contributed by atoms with van der Waals surface area (Å²) in [4.78, 5) is 4.39. The van der Waals surface area contributed by atoms with Crippen LogP contribution in [0.4, 0.5) is 4.39 Å². The molecule has 0 aliphatic carbocycles. The number of aromatic nitrogens is 1. The van der Waals surface area contributed by atoms with Gasteiger partial charge in [0.1, 0.15) is 0 Å². The van der Waals surface area contributed by atoms with Crippen LogP contribution >= 0.6 is 0 Å². The average molecular weight is 274 g/mol. The molecule has 0 aliphatic rings.